The van der Waals surface area contributed by atoms with E-state index in [-0.39, 0.29) is 11.7 Å². The summed E-state index contributed by atoms with van der Waals surface area (Å²) in [5.74, 6) is 0.130. The molecule has 1 heterocycles. The molecule has 0 N–H and O–H groups in total. The summed E-state index contributed by atoms with van der Waals surface area (Å²) in [5.41, 5.74) is 2.96. The van der Waals surface area contributed by atoms with Gasteiger partial charge in [-0.2, -0.15) is 0 Å². The predicted octanol–water partition coefficient (Wildman–Crippen LogP) is 5.54. The molecule has 1 aliphatic carbocycles. The lowest BCUT2D eigenvalue weighted by Gasteiger charge is -2.32. The summed E-state index contributed by atoms with van der Waals surface area (Å²) >= 11 is 0. The molecule has 1 aliphatic rings. The van der Waals surface area contributed by atoms with Crippen LogP contribution in [0.25, 0.3) is 11.3 Å². The number of hydrogen-bond acceptors (Lipinski definition) is 5. The van der Waals surface area contributed by atoms with Gasteiger partial charge in [-0.1, -0.05) is 54.8 Å². The minimum atomic E-state index is -0.373. The highest BCUT2D eigenvalue weighted by atomic mass is 19.1. The summed E-state index contributed by atoms with van der Waals surface area (Å²) in [6.07, 6.45) is 5.89. The minimum absolute atomic E-state index is 0.191. The number of aromatic nitrogens is 1. The third-order valence-electron chi connectivity index (χ3n) is 6.55. The smallest absolute Gasteiger partial charge is 0.254 e. The summed E-state index contributed by atoms with van der Waals surface area (Å²) in [6, 6.07) is 15.9. The van der Waals surface area contributed by atoms with Gasteiger partial charge in [0, 0.05) is 37.9 Å². The second-order valence-corrected chi connectivity index (χ2v) is 8.81. The fourth-order valence-electron chi connectivity index (χ4n) is 4.60. The molecule has 0 unspecified atom stereocenters. The van der Waals surface area contributed by atoms with Crippen molar-refractivity contribution in [2.75, 3.05) is 32.2 Å². The van der Waals surface area contributed by atoms with Gasteiger partial charge in [-0.3, -0.25) is 4.79 Å². The molecule has 0 atom stereocenters. The van der Waals surface area contributed by atoms with Crippen molar-refractivity contribution in [3.8, 4) is 11.3 Å². The lowest BCUT2D eigenvalue weighted by molar-refractivity contribution is 0.0680. The van der Waals surface area contributed by atoms with Crippen LogP contribution in [0.15, 0.2) is 59.1 Å². The molecule has 34 heavy (non-hydrogen) atoms. The average Bonchev–Trinajstić information content (AvgIpc) is 3.30. The lowest BCUT2D eigenvalue weighted by Crippen LogP contribution is -2.36. The molecule has 7 heteroatoms. The minimum Gasteiger partial charge on any atom is -0.383 e. The zero-order valence-electron chi connectivity index (χ0n) is 19.9. The van der Waals surface area contributed by atoms with E-state index in [0.29, 0.717) is 37.2 Å². The average molecular weight is 466 g/mol. The summed E-state index contributed by atoms with van der Waals surface area (Å²) in [7, 11) is 3.66. The standard InChI is InChI=1S/C27H32FN3O3/c1-30(23-11-7-4-8-12-23)27-24(25(29-34-27)20-9-5-3-6-10-20)19-31(17-18-33-2)26(32)21-13-15-22(28)16-14-21/h3,5-6,9-10,13-16,23H,4,7-8,11-12,17-19H2,1-2H3. The third-order valence-corrected chi connectivity index (χ3v) is 6.55. The Labute approximate surface area is 200 Å². The second-order valence-electron chi connectivity index (χ2n) is 8.81. The molecule has 4 rings (SSSR count). The molecule has 2 aromatic carbocycles. The molecule has 0 saturated heterocycles. The number of rotatable bonds is 9. The number of ether oxygens (including phenoxy) is 1. The molecule has 180 valence electrons. The van der Waals surface area contributed by atoms with Crippen LogP contribution in [0, 0.1) is 5.82 Å². The van der Waals surface area contributed by atoms with Crippen molar-refractivity contribution >= 4 is 11.8 Å². The van der Waals surface area contributed by atoms with E-state index < -0.39 is 0 Å². The highest BCUT2D eigenvalue weighted by Gasteiger charge is 2.29. The molecule has 0 aliphatic heterocycles. The monoisotopic (exact) mass is 465 g/mol. The zero-order valence-corrected chi connectivity index (χ0v) is 19.9. The molecule has 0 spiro atoms. The van der Waals surface area contributed by atoms with Gasteiger partial charge in [-0.05, 0) is 37.1 Å². The molecule has 3 aromatic rings. The van der Waals surface area contributed by atoms with E-state index in [9.17, 15) is 9.18 Å². The molecule has 1 fully saturated rings. The quantitative estimate of drug-likeness (QED) is 0.415. The number of carbonyl (C=O) groups excluding carboxylic acids is 1. The molecule has 1 aromatic heterocycles. The van der Waals surface area contributed by atoms with E-state index >= 15 is 0 Å². The highest BCUT2D eigenvalue weighted by molar-refractivity contribution is 5.94. The van der Waals surface area contributed by atoms with Gasteiger partial charge in [0.1, 0.15) is 11.5 Å². The van der Waals surface area contributed by atoms with Crippen LogP contribution in [0.2, 0.25) is 0 Å². The fourth-order valence-corrected chi connectivity index (χ4v) is 4.60. The van der Waals surface area contributed by atoms with Gasteiger partial charge in [-0.25, -0.2) is 4.39 Å². The highest BCUT2D eigenvalue weighted by Crippen LogP contribution is 2.35. The predicted molar refractivity (Wildman–Crippen MR) is 130 cm³/mol. The Kier molecular flexibility index (Phi) is 7.95. The topological polar surface area (TPSA) is 58.8 Å². The molecule has 1 saturated carbocycles. The van der Waals surface area contributed by atoms with Crippen LogP contribution >= 0.6 is 0 Å². The van der Waals surface area contributed by atoms with Gasteiger partial charge < -0.3 is 19.1 Å². The van der Waals surface area contributed by atoms with Gasteiger partial charge in [-0.15, -0.1) is 0 Å². The Bertz CT molecular complexity index is 1060. The molecule has 0 bridgehead atoms. The summed E-state index contributed by atoms with van der Waals surface area (Å²) in [6.45, 7) is 1.07. The normalized spacial score (nSPS) is 14.2. The van der Waals surface area contributed by atoms with E-state index in [4.69, 9.17) is 9.26 Å². The van der Waals surface area contributed by atoms with Gasteiger partial charge in [0.05, 0.1) is 18.7 Å². The maximum atomic E-state index is 13.4. The first-order valence-electron chi connectivity index (χ1n) is 11.9. The van der Waals surface area contributed by atoms with Gasteiger partial charge >= 0.3 is 0 Å². The number of hydrogen-bond donors (Lipinski definition) is 0. The van der Waals surface area contributed by atoms with Crippen molar-refractivity contribution in [1.29, 1.82) is 0 Å². The Morgan fingerprint density at radius 2 is 1.79 bits per heavy atom. The van der Waals surface area contributed by atoms with Gasteiger partial charge in [0.25, 0.3) is 5.91 Å². The van der Waals surface area contributed by atoms with Crippen LogP contribution in [0.3, 0.4) is 0 Å². The molecule has 0 radical (unpaired) electrons. The number of nitrogens with zero attached hydrogens (tertiary/aromatic N) is 3. The molecular weight excluding hydrogens is 433 g/mol. The van der Waals surface area contributed by atoms with Gasteiger partial charge in [0.2, 0.25) is 5.88 Å². The zero-order chi connectivity index (χ0) is 23.9. The number of anilines is 1. The van der Waals surface area contributed by atoms with Crippen LogP contribution < -0.4 is 4.90 Å². The van der Waals surface area contributed by atoms with Crippen molar-refractivity contribution in [1.82, 2.24) is 10.1 Å². The number of benzene rings is 2. The van der Waals surface area contributed by atoms with Crippen molar-refractivity contribution in [2.45, 2.75) is 44.7 Å². The largest absolute Gasteiger partial charge is 0.383 e. The summed E-state index contributed by atoms with van der Waals surface area (Å²) in [4.78, 5) is 17.3. The third kappa shape index (κ3) is 5.47. The van der Waals surface area contributed by atoms with Crippen molar-refractivity contribution in [3.63, 3.8) is 0 Å². The van der Waals surface area contributed by atoms with E-state index in [0.717, 1.165) is 29.7 Å². The van der Waals surface area contributed by atoms with Crippen LogP contribution in [0.5, 0.6) is 0 Å². The number of carbonyl (C=O) groups is 1. The molecular formula is C27H32FN3O3. The second kappa shape index (κ2) is 11.3. The van der Waals surface area contributed by atoms with Crippen molar-refractivity contribution < 1.29 is 18.4 Å². The van der Waals surface area contributed by atoms with Crippen LogP contribution in [0.1, 0.15) is 48.0 Å². The maximum Gasteiger partial charge on any atom is 0.254 e. The lowest BCUT2D eigenvalue weighted by atomic mass is 9.94. The Balaban J connectivity index is 1.70. The first kappa shape index (κ1) is 24.0. The molecule has 1 amide bonds. The van der Waals surface area contributed by atoms with Crippen LogP contribution in [-0.4, -0.2) is 49.3 Å². The van der Waals surface area contributed by atoms with E-state index in [2.05, 4.69) is 17.1 Å². The number of amides is 1. The van der Waals surface area contributed by atoms with Gasteiger partial charge in [0.15, 0.2) is 0 Å². The van der Waals surface area contributed by atoms with Crippen LogP contribution in [-0.2, 0) is 11.3 Å². The first-order chi connectivity index (χ1) is 16.6. The summed E-state index contributed by atoms with van der Waals surface area (Å²) < 4.78 is 24.7. The van der Waals surface area contributed by atoms with Crippen LogP contribution in [0.4, 0.5) is 10.3 Å². The number of halogens is 1. The number of methoxy groups -OCH3 is 1. The van der Waals surface area contributed by atoms with E-state index in [1.165, 1.54) is 43.5 Å². The first-order valence-corrected chi connectivity index (χ1v) is 11.9. The van der Waals surface area contributed by atoms with Crippen molar-refractivity contribution in [2.24, 2.45) is 0 Å². The Morgan fingerprint density at radius 3 is 2.47 bits per heavy atom. The van der Waals surface area contributed by atoms with Crippen molar-refractivity contribution in [3.05, 3.63) is 71.5 Å². The Morgan fingerprint density at radius 1 is 1.09 bits per heavy atom. The SMILES string of the molecule is COCCN(Cc1c(-c2ccccc2)noc1N(C)C1CCCCC1)C(=O)c1ccc(F)cc1. The Hall–Kier alpha value is -3.19. The van der Waals surface area contributed by atoms with E-state index in [1.54, 1.807) is 12.0 Å². The maximum absolute atomic E-state index is 13.4. The summed E-state index contributed by atoms with van der Waals surface area (Å²) in [5, 5.41) is 4.44. The molecule has 6 nitrogen and oxygen atoms in total. The fraction of sp³-hybridized carbons (Fsp3) is 0.407. The van der Waals surface area contributed by atoms with E-state index in [1.807, 2.05) is 30.3 Å².